The van der Waals surface area contributed by atoms with Crippen LogP contribution in [0, 0.1) is 128 Å². The lowest BCUT2D eigenvalue weighted by molar-refractivity contribution is -0.154. The molecule has 4 saturated heterocycles. The number of nitrogens with one attached hydrogen (secondary N) is 6. The number of aliphatic hydroxyl groups excluding tert-OH is 1. The van der Waals surface area contributed by atoms with E-state index in [1.54, 1.807) is 0 Å². The summed E-state index contributed by atoms with van der Waals surface area (Å²) in [5.74, 6) is 5.15. The molecule has 0 aromatic heterocycles. The van der Waals surface area contributed by atoms with Gasteiger partial charge < -0.3 is 110 Å². The first-order chi connectivity index (χ1) is 71.3. The smallest absolute Gasteiger partial charge is 0.333 e. The largest absolute Gasteiger partial charge is 0.393 e. The Labute approximate surface area is 897 Å². The van der Waals surface area contributed by atoms with Gasteiger partial charge in [-0.2, -0.15) is 0 Å². The van der Waals surface area contributed by atoms with Crippen molar-refractivity contribution in [1.29, 1.82) is 0 Å². The van der Waals surface area contributed by atoms with E-state index in [1.807, 2.05) is 14.0 Å². The van der Waals surface area contributed by atoms with E-state index in [1.165, 1.54) is 154 Å². The maximum absolute atomic E-state index is 13.5. The molecule has 18 aliphatic rings. The van der Waals surface area contributed by atoms with Crippen LogP contribution >= 0.6 is 34.4 Å². The Morgan fingerprint density at radius 2 is 0.547 bits per heavy atom. The lowest BCUT2D eigenvalue weighted by Crippen LogP contribution is -2.55. The zero-order chi connectivity index (χ0) is 104. The van der Waals surface area contributed by atoms with Gasteiger partial charge in [-0.15, -0.1) is 0 Å². The molecular formula is C117H203N7O20P4. The number of carbonyl (C=O) groups excluding carboxylic acids is 4. The first-order valence-corrected chi connectivity index (χ1v) is 65.7. The highest BCUT2D eigenvalue weighted by Crippen LogP contribution is 2.68. The molecule has 14 aliphatic carbocycles. The second-order valence-electron chi connectivity index (χ2n) is 54.6. The average molecular weight is 2150 g/mol. The Hall–Kier alpha value is -1.48. The van der Waals surface area contributed by atoms with Gasteiger partial charge in [0.2, 0.25) is 11.8 Å². The van der Waals surface area contributed by atoms with E-state index in [9.17, 15) is 24.3 Å². The van der Waals surface area contributed by atoms with Crippen molar-refractivity contribution in [1.82, 2.24) is 36.8 Å². The lowest BCUT2D eigenvalue weighted by atomic mass is 9.57. The van der Waals surface area contributed by atoms with Gasteiger partial charge in [-0.05, 0) is 340 Å². The summed E-state index contributed by atoms with van der Waals surface area (Å²) < 4.78 is 111. The van der Waals surface area contributed by atoms with Crippen molar-refractivity contribution >= 4 is 58.3 Å². The van der Waals surface area contributed by atoms with Crippen molar-refractivity contribution in [3.05, 3.63) is 0 Å². The standard InChI is InChI=1S/C117H203N7O20P4/c1-15-124(62-56-106(126)118-58-60-120-112(128)122-76-52-48-74(49-53-76)72-131-80-67-92(110(96(70-80)116(8,9)10)143-147-137-102-44-28-20-36-86(102)87-37-21-29-45-103(87)138-147)90-64-78(125)65-94(114(2,3)4)108(90)141-145-133-98-40-24-16-32-82(98)83-33-17-25-41-99(83)134-145)63-57-107(127)119-59-61-121-113(129)123-77-54-50-75(51-55-77)73-132-81-68-93(111(97(71-81)117(11,12)13)144-148-139-104-46-30-22-38-88(104)89-39-23-31-47-105(89)140-148)91-66-79(130-14)69-95(115(5,6)7)109(91)142-146-135-100-42-26-18-34-84(100)85-35-19-27-43-101(85)136-146/h74-105,108-111,125H,15-73H2,1-14H3,(H,118,126)(H,119,127)(H2,120,122,128)(H2,121,123,129). The van der Waals surface area contributed by atoms with Crippen molar-refractivity contribution in [2.45, 2.75) is 521 Å². The summed E-state index contributed by atoms with van der Waals surface area (Å²) in [4.78, 5) is 55.5. The van der Waals surface area contributed by atoms with Gasteiger partial charge in [-0.25, -0.2) is 9.59 Å². The highest BCUT2D eigenvalue weighted by Gasteiger charge is 2.61. The molecule has 0 bridgehead atoms. The van der Waals surface area contributed by atoms with Crippen LogP contribution in [0.4, 0.5) is 9.59 Å². The highest BCUT2D eigenvalue weighted by atomic mass is 31.2. The van der Waals surface area contributed by atoms with Crippen LogP contribution in [0.25, 0.3) is 0 Å². The minimum absolute atomic E-state index is 0.000230. The molecular weight excluding hydrogens is 1950 g/mol. The lowest BCUT2D eigenvalue weighted by Gasteiger charge is -2.54. The third kappa shape index (κ3) is 30.5. The number of fused-ring (bicyclic) bond motifs is 12. The van der Waals surface area contributed by atoms with Crippen LogP contribution in [0.1, 0.15) is 411 Å². The van der Waals surface area contributed by atoms with Crippen molar-refractivity contribution in [3.8, 4) is 0 Å². The second kappa shape index (κ2) is 53.9. The van der Waals surface area contributed by atoms with E-state index in [4.69, 9.17) is 68.5 Å². The van der Waals surface area contributed by atoms with Crippen LogP contribution in [-0.2, 0) is 78.1 Å². The quantitative estimate of drug-likeness (QED) is 0.0243. The van der Waals surface area contributed by atoms with Crippen LogP contribution in [-0.4, -0.2) is 210 Å². The minimum atomic E-state index is -1.67. The van der Waals surface area contributed by atoms with Crippen LogP contribution in [0.5, 0.6) is 0 Å². The summed E-state index contributed by atoms with van der Waals surface area (Å²) in [5.41, 5.74) is -0.570. The van der Waals surface area contributed by atoms with Gasteiger partial charge in [0.1, 0.15) is 0 Å². The summed E-state index contributed by atoms with van der Waals surface area (Å²) in [6.45, 7) is 34.8. The monoisotopic (exact) mass is 2150 g/mol. The molecule has 846 valence electrons. The second-order valence-corrected chi connectivity index (χ2v) is 59.0. The molecule has 6 amide bonds. The maximum atomic E-state index is 13.5. The molecule has 0 aromatic carbocycles. The molecule has 18 rings (SSSR count). The number of methoxy groups -OCH3 is 1. The minimum Gasteiger partial charge on any atom is -0.393 e. The molecule has 0 radical (unpaired) electrons. The number of hydrogen-bond donors (Lipinski definition) is 7. The molecule has 31 heteroatoms. The fourth-order valence-electron chi connectivity index (χ4n) is 32.5. The predicted octanol–water partition coefficient (Wildman–Crippen LogP) is 25.6. The van der Waals surface area contributed by atoms with Gasteiger partial charge in [0.25, 0.3) is 0 Å². The summed E-state index contributed by atoms with van der Waals surface area (Å²) in [6, 6.07) is -0.366. The summed E-state index contributed by atoms with van der Waals surface area (Å²) >= 11 is 0. The van der Waals surface area contributed by atoms with Gasteiger partial charge in [0.15, 0.2) is 0 Å². The molecule has 4 heterocycles. The first kappa shape index (κ1) is 116. The molecule has 148 heavy (non-hydrogen) atoms. The third-order valence-corrected chi connectivity index (χ3v) is 46.1. The molecule has 27 nitrogen and oxygen atoms in total. The van der Waals surface area contributed by atoms with Gasteiger partial charge in [0.05, 0.1) is 97.7 Å². The number of aliphatic hydroxyl groups is 1. The van der Waals surface area contributed by atoms with Gasteiger partial charge >= 0.3 is 46.5 Å². The average Bonchev–Trinajstić information content (AvgIpc) is 1.00. The van der Waals surface area contributed by atoms with Crippen LogP contribution in [0.2, 0.25) is 0 Å². The molecule has 7 N–H and O–H groups in total. The number of ether oxygens (including phenoxy) is 3. The molecule has 32 atom stereocenters. The number of amides is 6. The van der Waals surface area contributed by atoms with E-state index < -0.39 is 40.5 Å². The van der Waals surface area contributed by atoms with Crippen LogP contribution in [0.15, 0.2) is 0 Å². The maximum Gasteiger partial charge on any atom is 0.333 e. The number of carbonyl (C=O) groups is 4. The summed E-state index contributed by atoms with van der Waals surface area (Å²) in [6.07, 6.45) is 52.2. The molecule has 18 fully saturated rings. The molecule has 4 aliphatic heterocycles. The van der Waals surface area contributed by atoms with Crippen molar-refractivity contribution in [2.24, 2.45) is 128 Å². The normalized spacial score (nSPS) is 42.4. The van der Waals surface area contributed by atoms with Crippen LogP contribution in [0.3, 0.4) is 0 Å². The van der Waals surface area contributed by atoms with E-state index in [0.29, 0.717) is 131 Å². The Bertz CT molecular complexity index is 3980. The van der Waals surface area contributed by atoms with Gasteiger partial charge in [-0.3, -0.25) is 9.59 Å². The van der Waals surface area contributed by atoms with E-state index >= 15 is 0 Å². The molecule has 0 spiro atoms. The fourth-order valence-corrected chi connectivity index (χ4v) is 39.0. The van der Waals surface area contributed by atoms with Crippen LogP contribution < -0.4 is 31.9 Å². The number of nitrogens with zero attached hydrogens (tertiary/aromatic N) is 1. The Balaban J connectivity index is 0.420. The zero-order valence-electron chi connectivity index (χ0n) is 93.9. The predicted molar refractivity (Wildman–Crippen MR) is 583 cm³/mol. The molecule has 0 aromatic rings. The molecule has 32 unspecified atom stereocenters. The first-order valence-electron chi connectivity index (χ1n) is 61.3. The zero-order valence-corrected chi connectivity index (χ0v) is 97.5. The van der Waals surface area contributed by atoms with E-state index in [-0.39, 0.29) is 209 Å². The number of hydrogen-bond acceptors (Lipinski definition) is 21. The van der Waals surface area contributed by atoms with E-state index in [2.05, 4.69) is 120 Å². The third-order valence-electron chi connectivity index (χ3n) is 40.9. The Kier molecular flexibility index (Phi) is 42.2. The SMILES string of the molecule is CCN(CCC(=O)NCCNC(=O)NC1CCC(COC2CC(C3CC(O)CC(C(C)(C)C)C3OP3OC4CCCCC4C4CCCCC4O3)C(OP3OC4CCCCC4C4CCCCC4O3)C(C(C)(C)C)C2)CC1)CCC(=O)NCCNC(=O)NC1CCC(COC2CC(C3CC(OC)CC(C(C)(C)C)C3OP3OC4CCCCC4C4CCCCC4O3)C(OP3OC4CCCCC4C4CCCCC4O3)C(C(C)(C)C)C2)CC1. The Morgan fingerprint density at radius 1 is 0.304 bits per heavy atom. The summed E-state index contributed by atoms with van der Waals surface area (Å²) in [7, 11) is -4.69. The van der Waals surface area contributed by atoms with Crippen molar-refractivity contribution in [3.63, 3.8) is 0 Å². The highest BCUT2D eigenvalue weighted by molar-refractivity contribution is 7.42. The number of rotatable bonds is 32. The van der Waals surface area contributed by atoms with Crippen molar-refractivity contribution < 1.29 is 92.8 Å². The topological polar surface area (TPSA) is 302 Å². The van der Waals surface area contributed by atoms with Crippen molar-refractivity contribution in [2.75, 3.05) is 66.1 Å². The number of urea groups is 2. The fraction of sp³-hybridized carbons (Fsp3) is 0.966. The van der Waals surface area contributed by atoms with Gasteiger partial charge in [0, 0.05) is 84.5 Å². The molecule has 14 saturated carbocycles. The Morgan fingerprint density at radius 3 is 0.811 bits per heavy atom. The summed E-state index contributed by atoms with van der Waals surface area (Å²) in [5, 5.41) is 30.9. The van der Waals surface area contributed by atoms with Gasteiger partial charge in [-0.1, -0.05) is 193 Å². The van der Waals surface area contributed by atoms with E-state index in [0.717, 1.165) is 141 Å².